The Kier molecular flexibility index (Phi) is 4.39. The minimum Gasteiger partial charge on any atom is -0.439 e. The number of nitrogens with one attached hydrogen (secondary N) is 1. The Morgan fingerprint density at radius 1 is 1.38 bits per heavy atom. The molecule has 0 bridgehead atoms. The maximum atomic E-state index is 5.89. The van der Waals surface area contributed by atoms with Crippen molar-refractivity contribution in [2.75, 3.05) is 6.54 Å². The summed E-state index contributed by atoms with van der Waals surface area (Å²) in [5.74, 6) is 1.65. The average Bonchev–Trinajstić information content (AvgIpc) is 3.05. The lowest BCUT2D eigenvalue weighted by atomic mass is 10.3. The summed E-state index contributed by atoms with van der Waals surface area (Å²) in [4.78, 5) is 4.40. The van der Waals surface area contributed by atoms with E-state index in [1.165, 1.54) is 12.8 Å². The molecular formula is C16H24N4O. The second-order valence-corrected chi connectivity index (χ2v) is 5.64. The van der Waals surface area contributed by atoms with E-state index in [0.717, 1.165) is 61.4 Å². The summed E-state index contributed by atoms with van der Waals surface area (Å²) < 4.78 is 7.88. The normalized spacial score (nSPS) is 14.8. The van der Waals surface area contributed by atoms with Gasteiger partial charge in [-0.1, -0.05) is 6.92 Å². The number of hydrogen-bond donors (Lipinski definition) is 1. The van der Waals surface area contributed by atoms with Crippen LogP contribution in [0.4, 0.5) is 0 Å². The largest absolute Gasteiger partial charge is 0.439 e. The molecule has 5 nitrogen and oxygen atoms in total. The van der Waals surface area contributed by atoms with E-state index in [-0.39, 0.29) is 0 Å². The second-order valence-electron chi connectivity index (χ2n) is 5.64. The Morgan fingerprint density at radius 3 is 2.95 bits per heavy atom. The molecule has 1 aliphatic rings. The van der Waals surface area contributed by atoms with E-state index < -0.39 is 0 Å². The average molecular weight is 288 g/mol. The van der Waals surface area contributed by atoms with Crippen LogP contribution in [-0.4, -0.2) is 27.4 Å². The molecule has 0 unspecified atom stereocenters. The summed E-state index contributed by atoms with van der Waals surface area (Å²) in [6, 6.07) is 2.87. The lowest BCUT2D eigenvalue weighted by Gasteiger charge is -2.01. The number of hydrogen-bond acceptors (Lipinski definition) is 4. The molecular weight excluding hydrogens is 264 g/mol. The molecule has 1 fully saturated rings. The van der Waals surface area contributed by atoms with Crippen molar-refractivity contribution in [2.45, 2.75) is 58.5 Å². The first-order chi connectivity index (χ1) is 10.3. The lowest BCUT2D eigenvalue weighted by Crippen LogP contribution is -2.17. The first-order valence-electron chi connectivity index (χ1n) is 8.05. The van der Waals surface area contributed by atoms with Crippen LogP contribution in [0.3, 0.4) is 0 Å². The van der Waals surface area contributed by atoms with Crippen LogP contribution in [-0.2, 0) is 19.4 Å². The van der Waals surface area contributed by atoms with Gasteiger partial charge in [-0.05, 0) is 45.2 Å². The molecule has 0 amide bonds. The van der Waals surface area contributed by atoms with Crippen molar-refractivity contribution in [1.29, 1.82) is 0 Å². The molecule has 0 radical (unpaired) electrons. The molecule has 0 spiro atoms. The molecule has 114 valence electrons. The zero-order chi connectivity index (χ0) is 14.7. The molecule has 2 heterocycles. The highest BCUT2D eigenvalue weighted by Crippen LogP contribution is 2.23. The highest BCUT2D eigenvalue weighted by Gasteiger charge is 2.19. The Bertz CT molecular complexity index is 583. The third-order valence-electron chi connectivity index (χ3n) is 3.88. The predicted octanol–water partition coefficient (Wildman–Crippen LogP) is 2.81. The maximum absolute atomic E-state index is 5.89. The molecule has 1 aliphatic carbocycles. The van der Waals surface area contributed by atoms with E-state index in [0.29, 0.717) is 0 Å². The maximum Gasteiger partial charge on any atom is 0.195 e. The van der Waals surface area contributed by atoms with Crippen LogP contribution < -0.4 is 5.32 Å². The van der Waals surface area contributed by atoms with Crippen molar-refractivity contribution in [1.82, 2.24) is 20.1 Å². The van der Waals surface area contributed by atoms with Crippen molar-refractivity contribution >= 4 is 0 Å². The number of nitrogens with zero attached hydrogens (tertiary/aromatic N) is 3. The van der Waals surface area contributed by atoms with Crippen molar-refractivity contribution in [3.63, 3.8) is 0 Å². The molecule has 1 N–H and O–H groups in total. The van der Waals surface area contributed by atoms with E-state index in [9.17, 15) is 0 Å². The zero-order valence-electron chi connectivity index (χ0n) is 12.9. The molecule has 0 saturated heterocycles. The zero-order valence-corrected chi connectivity index (χ0v) is 12.9. The van der Waals surface area contributed by atoms with Crippen LogP contribution >= 0.6 is 0 Å². The second kappa shape index (κ2) is 6.43. The number of rotatable bonds is 8. The van der Waals surface area contributed by atoms with Crippen molar-refractivity contribution in [3.05, 3.63) is 23.8 Å². The quantitative estimate of drug-likeness (QED) is 0.759. The van der Waals surface area contributed by atoms with Crippen LogP contribution in [0.25, 0.3) is 11.5 Å². The van der Waals surface area contributed by atoms with Gasteiger partial charge in [0, 0.05) is 19.0 Å². The highest BCUT2D eigenvalue weighted by molar-refractivity contribution is 5.52. The van der Waals surface area contributed by atoms with Gasteiger partial charge in [0.1, 0.15) is 5.69 Å². The third-order valence-corrected chi connectivity index (χ3v) is 3.88. The van der Waals surface area contributed by atoms with Crippen LogP contribution in [0.15, 0.2) is 16.7 Å². The van der Waals surface area contributed by atoms with Crippen molar-refractivity contribution in [3.8, 4) is 11.5 Å². The van der Waals surface area contributed by atoms with Crippen molar-refractivity contribution in [2.24, 2.45) is 0 Å². The molecule has 5 heteroatoms. The number of oxazole rings is 1. The Balaban J connectivity index is 1.61. The van der Waals surface area contributed by atoms with E-state index in [1.807, 2.05) is 10.9 Å². The highest BCUT2D eigenvalue weighted by atomic mass is 16.4. The summed E-state index contributed by atoms with van der Waals surface area (Å²) >= 11 is 0. The topological polar surface area (TPSA) is 55.9 Å². The monoisotopic (exact) mass is 288 g/mol. The Morgan fingerprint density at radius 2 is 2.24 bits per heavy atom. The molecule has 1 saturated carbocycles. The summed E-state index contributed by atoms with van der Waals surface area (Å²) in [7, 11) is 0. The predicted molar refractivity (Wildman–Crippen MR) is 82.1 cm³/mol. The third kappa shape index (κ3) is 3.53. The van der Waals surface area contributed by atoms with Gasteiger partial charge in [-0.3, -0.25) is 4.68 Å². The van der Waals surface area contributed by atoms with E-state index in [2.05, 4.69) is 35.3 Å². The van der Waals surface area contributed by atoms with Gasteiger partial charge >= 0.3 is 0 Å². The summed E-state index contributed by atoms with van der Waals surface area (Å²) in [6.45, 7) is 6.10. The van der Waals surface area contributed by atoms with Crippen molar-refractivity contribution < 1.29 is 4.42 Å². The standard InChI is InChI=1S/C16H24N4O/c1-3-12-10-14(20(4-2)19-12)15-11-18-16(21-15)6-5-9-17-13-7-8-13/h10-11,13,17H,3-9H2,1-2H3. The number of aryl methyl sites for hydroxylation is 3. The fourth-order valence-corrected chi connectivity index (χ4v) is 2.46. The number of aromatic nitrogens is 3. The SMILES string of the molecule is CCc1cc(-c2cnc(CCCNC3CC3)o2)n(CC)n1. The lowest BCUT2D eigenvalue weighted by molar-refractivity contribution is 0.486. The van der Waals surface area contributed by atoms with E-state index in [1.54, 1.807) is 0 Å². The van der Waals surface area contributed by atoms with Crippen LogP contribution in [0.5, 0.6) is 0 Å². The van der Waals surface area contributed by atoms with Gasteiger partial charge in [0.05, 0.1) is 11.9 Å². The fraction of sp³-hybridized carbons (Fsp3) is 0.625. The van der Waals surface area contributed by atoms with Gasteiger partial charge in [0.2, 0.25) is 0 Å². The minimum atomic E-state index is 0.775. The van der Waals surface area contributed by atoms with Gasteiger partial charge in [-0.2, -0.15) is 5.10 Å². The molecule has 0 aliphatic heterocycles. The van der Waals surface area contributed by atoms with Crippen LogP contribution in [0, 0.1) is 0 Å². The first-order valence-corrected chi connectivity index (χ1v) is 8.05. The summed E-state index contributed by atoms with van der Waals surface area (Å²) in [6.07, 6.45) is 7.40. The van der Waals surface area contributed by atoms with E-state index >= 15 is 0 Å². The Hall–Kier alpha value is -1.62. The van der Waals surface area contributed by atoms with Gasteiger partial charge in [0.15, 0.2) is 11.7 Å². The van der Waals surface area contributed by atoms with Crippen LogP contribution in [0.1, 0.15) is 44.7 Å². The molecule has 0 atom stereocenters. The molecule has 3 rings (SSSR count). The molecule has 21 heavy (non-hydrogen) atoms. The smallest absolute Gasteiger partial charge is 0.195 e. The van der Waals surface area contributed by atoms with Gasteiger partial charge < -0.3 is 9.73 Å². The van der Waals surface area contributed by atoms with Gasteiger partial charge in [-0.25, -0.2) is 4.98 Å². The molecule has 2 aromatic heterocycles. The van der Waals surface area contributed by atoms with Gasteiger partial charge in [0.25, 0.3) is 0 Å². The first kappa shape index (κ1) is 14.3. The molecule has 0 aromatic carbocycles. The fourth-order valence-electron chi connectivity index (χ4n) is 2.46. The minimum absolute atomic E-state index is 0.775. The molecule has 2 aromatic rings. The summed E-state index contributed by atoms with van der Waals surface area (Å²) in [5, 5.41) is 8.06. The summed E-state index contributed by atoms with van der Waals surface area (Å²) in [5.41, 5.74) is 2.13. The van der Waals surface area contributed by atoms with Gasteiger partial charge in [-0.15, -0.1) is 0 Å². The van der Waals surface area contributed by atoms with Crippen LogP contribution in [0.2, 0.25) is 0 Å². The van der Waals surface area contributed by atoms with E-state index in [4.69, 9.17) is 4.42 Å². The Labute approximate surface area is 125 Å².